The van der Waals surface area contributed by atoms with Crippen LogP contribution in [0.3, 0.4) is 0 Å². The van der Waals surface area contributed by atoms with Gasteiger partial charge < -0.3 is 14.3 Å². The molecule has 0 fully saturated rings. The van der Waals surface area contributed by atoms with Gasteiger partial charge in [-0.3, -0.25) is 4.90 Å². The lowest BCUT2D eigenvalue weighted by atomic mass is 10.2. The molecule has 0 aromatic carbocycles. The summed E-state index contributed by atoms with van der Waals surface area (Å²) < 4.78 is 7.83. The number of aromatic nitrogens is 2. The van der Waals surface area contributed by atoms with E-state index in [4.69, 9.17) is 9.40 Å². The highest BCUT2D eigenvalue weighted by Gasteiger charge is 2.23. The minimum atomic E-state index is 0.863. The molecule has 2 aromatic rings. The maximum atomic E-state index is 5.52. The summed E-state index contributed by atoms with van der Waals surface area (Å²) in [6, 6.07) is 3.90. The van der Waals surface area contributed by atoms with Crippen LogP contribution in [0.2, 0.25) is 0 Å². The Kier molecular flexibility index (Phi) is 3.40. The third-order valence-electron chi connectivity index (χ3n) is 3.63. The molecule has 19 heavy (non-hydrogen) atoms. The largest absolute Gasteiger partial charge is 0.461 e. The van der Waals surface area contributed by atoms with E-state index in [1.165, 1.54) is 11.4 Å². The summed E-state index contributed by atoms with van der Waals surface area (Å²) in [4.78, 5) is 7.15. The zero-order valence-corrected chi connectivity index (χ0v) is 11.5. The fraction of sp³-hybridized carbons (Fsp3) is 0.500. The van der Waals surface area contributed by atoms with Crippen LogP contribution >= 0.6 is 0 Å². The highest BCUT2D eigenvalue weighted by atomic mass is 16.3. The number of likely N-dealkylation sites (N-methyl/N-ethyl adjacent to an activating group) is 2. The molecule has 0 amide bonds. The fourth-order valence-electron chi connectivity index (χ4n) is 2.60. The third-order valence-corrected chi connectivity index (χ3v) is 3.63. The van der Waals surface area contributed by atoms with Crippen molar-refractivity contribution in [2.24, 2.45) is 0 Å². The summed E-state index contributed by atoms with van der Waals surface area (Å²) in [5.41, 5.74) is 2.52. The first kappa shape index (κ1) is 12.4. The molecule has 0 saturated heterocycles. The average Bonchev–Trinajstić information content (AvgIpc) is 3.03. The summed E-state index contributed by atoms with van der Waals surface area (Å²) in [6.07, 6.45) is 2.67. The summed E-state index contributed by atoms with van der Waals surface area (Å²) in [5.74, 6) is 1.83. The average molecular weight is 260 g/mol. The smallest absolute Gasteiger partial charge is 0.176 e. The highest BCUT2D eigenvalue weighted by molar-refractivity contribution is 5.50. The van der Waals surface area contributed by atoms with Crippen LogP contribution in [0.5, 0.6) is 0 Å². The van der Waals surface area contributed by atoms with Crippen molar-refractivity contribution in [3.05, 3.63) is 29.8 Å². The molecule has 0 unspecified atom stereocenters. The Morgan fingerprint density at radius 3 is 3.05 bits per heavy atom. The van der Waals surface area contributed by atoms with E-state index in [0.717, 1.165) is 44.2 Å². The first-order valence-electron chi connectivity index (χ1n) is 6.75. The minimum absolute atomic E-state index is 0.863. The summed E-state index contributed by atoms with van der Waals surface area (Å²) in [5, 5.41) is 3.19. The predicted octanol–water partition coefficient (Wildman–Crippen LogP) is 1.35. The predicted molar refractivity (Wildman–Crippen MR) is 73.9 cm³/mol. The van der Waals surface area contributed by atoms with E-state index in [-0.39, 0.29) is 0 Å². The number of hydrogen-bond donors (Lipinski definition) is 1. The van der Waals surface area contributed by atoms with E-state index in [0.29, 0.717) is 0 Å². The van der Waals surface area contributed by atoms with Gasteiger partial charge in [0.15, 0.2) is 11.6 Å². The fourth-order valence-corrected chi connectivity index (χ4v) is 2.60. The van der Waals surface area contributed by atoms with Crippen LogP contribution in [0.1, 0.15) is 11.4 Å². The van der Waals surface area contributed by atoms with Gasteiger partial charge in [0.25, 0.3) is 0 Å². The molecule has 1 N–H and O–H groups in total. The molecular weight excluding hydrogens is 240 g/mol. The molecule has 3 heterocycles. The van der Waals surface area contributed by atoms with Crippen molar-refractivity contribution in [3.8, 4) is 11.6 Å². The molecule has 2 aromatic heterocycles. The Hall–Kier alpha value is -1.59. The van der Waals surface area contributed by atoms with Crippen molar-refractivity contribution >= 4 is 0 Å². The lowest BCUT2D eigenvalue weighted by Crippen LogP contribution is -2.31. The number of hydrogen-bond acceptors (Lipinski definition) is 4. The zero-order chi connectivity index (χ0) is 13.2. The van der Waals surface area contributed by atoms with Crippen molar-refractivity contribution in [1.29, 1.82) is 0 Å². The van der Waals surface area contributed by atoms with E-state index in [2.05, 4.69) is 21.8 Å². The second-order valence-corrected chi connectivity index (χ2v) is 5.05. The number of furan rings is 1. The Bertz CT molecular complexity index is 544. The quantitative estimate of drug-likeness (QED) is 0.901. The molecule has 0 atom stereocenters. The molecular formula is C14H20N4O. The summed E-state index contributed by atoms with van der Waals surface area (Å²) in [7, 11) is 4.13. The van der Waals surface area contributed by atoms with Gasteiger partial charge >= 0.3 is 0 Å². The minimum Gasteiger partial charge on any atom is -0.461 e. The molecule has 0 saturated carbocycles. The van der Waals surface area contributed by atoms with Gasteiger partial charge in [0.05, 0.1) is 17.7 Å². The molecule has 1 aliphatic rings. The topological polar surface area (TPSA) is 46.2 Å². The molecule has 0 aliphatic carbocycles. The second-order valence-electron chi connectivity index (χ2n) is 5.05. The van der Waals surface area contributed by atoms with Crippen LogP contribution in [0.15, 0.2) is 22.8 Å². The second kappa shape index (κ2) is 5.19. The SMILES string of the molecule is CNCCc1nc(-c2ccco2)n2c1CN(C)CC2. The van der Waals surface area contributed by atoms with E-state index in [1.54, 1.807) is 6.26 Å². The number of nitrogens with one attached hydrogen (secondary N) is 1. The van der Waals surface area contributed by atoms with Crippen molar-refractivity contribution in [3.63, 3.8) is 0 Å². The van der Waals surface area contributed by atoms with Crippen molar-refractivity contribution < 1.29 is 4.42 Å². The van der Waals surface area contributed by atoms with Gasteiger partial charge in [0.1, 0.15) is 0 Å². The van der Waals surface area contributed by atoms with E-state index in [9.17, 15) is 0 Å². The maximum Gasteiger partial charge on any atom is 0.176 e. The molecule has 5 heteroatoms. The maximum absolute atomic E-state index is 5.52. The lowest BCUT2D eigenvalue weighted by molar-refractivity contribution is 0.269. The molecule has 1 aliphatic heterocycles. The van der Waals surface area contributed by atoms with Gasteiger partial charge in [-0.05, 0) is 26.2 Å². The molecule has 3 rings (SSSR count). The molecule has 102 valence electrons. The van der Waals surface area contributed by atoms with Crippen molar-refractivity contribution in [2.45, 2.75) is 19.5 Å². The van der Waals surface area contributed by atoms with E-state index < -0.39 is 0 Å². The Balaban J connectivity index is 2.01. The molecule has 0 spiro atoms. The van der Waals surface area contributed by atoms with E-state index in [1.807, 2.05) is 19.2 Å². The van der Waals surface area contributed by atoms with Crippen LogP contribution in [0, 0.1) is 0 Å². The Morgan fingerprint density at radius 2 is 2.32 bits per heavy atom. The number of fused-ring (bicyclic) bond motifs is 1. The Morgan fingerprint density at radius 1 is 1.42 bits per heavy atom. The highest BCUT2D eigenvalue weighted by Crippen LogP contribution is 2.26. The van der Waals surface area contributed by atoms with Crippen LogP contribution in [0.25, 0.3) is 11.6 Å². The first-order valence-corrected chi connectivity index (χ1v) is 6.75. The van der Waals surface area contributed by atoms with Gasteiger partial charge in [-0.2, -0.15) is 0 Å². The normalized spacial score (nSPS) is 15.7. The molecule has 0 radical (unpaired) electrons. The van der Waals surface area contributed by atoms with Gasteiger partial charge in [-0.15, -0.1) is 0 Å². The number of imidazole rings is 1. The van der Waals surface area contributed by atoms with Gasteiger partial charge in [0, 0.05) is 32.6 Å². The first-order chi connectivity index (χ1) is 9.29. The van der Waals surface area contributed by atoms with Crippen LogP contribution in [0.4, 0.5) is 0 Å². The Labute approximate surface area is 113 Å². The standard InChI is InChI=1S/C14H20N4O/c1-15-6-5-11-12-10-17(2)7-8-18(12)14(16-11)13-4-3-9-19-13/h3-4,9,15H,5-8,10H2,1-2H3. The molecule has 0 bridgehead atoms. The summed E-state index contributed by atoms with van der Waals surface area (Å²) in [6.45, 7) is 3.95. The number of rotatable bonds is 4. The molecule has 5 nitrogen and oxygen atoms in total. The summed E-state index contributed by atoms with van der Waals surface area (Å²) >= 11 is 0. The zero-order valence-electron chi connectivity index (χ0n) is 11.5. The lowest BCUT2D eigenvalue weighted by Gasteiger charge is -2.25. The third kappa shape index (κ3) is 2.31. The van der Waals surface area contributed by atoms with Crippen molar-refractivity contribution in [2.75, 3.05) is 27.2 Å². The van der Waals surface area contributed by atoms with Gasteiger partial charge in [0.2, 0.25) is 0 Å². The van der Waals surface area contributed by atoms with Crippen LogP contribution < -0.4 is 5.32 Å². The monoisotopic (exact) mass is 260 g/mol. The van der Waals surface area contributed by atoms with Crippen LogP contribution in [-0.2, 0) is 19.5 Å². The van der Waals surface area contributed by atoms with E-state index >= 15 is 0 Å². The number of nitrogens with zero attached hydrogens (tertiary/aromatic N) is 3. The van der Waals surface area contributed by atoms with Crippen LogP contribution in [-0.4, -0.2) is 41.6 Å². The van der Waals surface area contributed by atoms with Crippen molar-refractivity contribution in [1.82, 2.24) is 19.8 Å². The van der Waals surface area contributed by atoms with Gasteiger partial charge in [-0.1, -0.05) is 0 Å². The van der Waals surface area contributed by atoms with Gasteiger partial charge in [-0.25, -0.2) is 4.98 Å².